The van der Waals surface area contributed by atoms with Crippen molar-refractivity contribution in [1.29, 1.82) is 5.26 Å². The van der Waals surface area contributed by atoms with Gasteiger partial charge in [0, 0.05) is 11.1 Å². The molecule has 1 heterocycles. The lowest BCUT2D eigenvalue weighted by atomic mass is 10.1. The molecule has 0 fully saturated rings. The van der Waals surface area contributed by atoms with Crippen LogP contribution >= 0.6 is 11.8 Å². The van der Waals surface area contributed by atoms with Gasteiger partial charge in [0.15, 0.2) is 22.4 Å². The third kappa shape index (κ3) is 5.78. The number of rotatable bonds is 9. The van der Waals surface area contributed by atoms with Gasteiger partial charge < -0.3 is 14.5 Å². The fourth-order valence-electron chi connectivity index (χ4n) is 3.34. The number of aromatic amines is 1. The molecule has 4 aromatic rings. The number of Topliss-reactive ketones (excluding diaryl/α,β-unsaturated/α-hetero) is 1. The Kier molecular flexibility index (Phi) is 7.60. The van der Waals surface area contributed by atoms with Crippen molar-refractivity contribution in [2.24, 2.45) is 0 Å². The molecule has 0 saturated carbocycles. The number of H-pyrrole nitrogens is 1. The predicted octanol–water partition coefficient (Wildman–Crippen LogP) is 4.87. The van der Waals surface area contributed by atoms with E-state index < -0.39 is 5.56 Å². The average molecular weight is 484 g/mol. The van der Waals surface area contributed by atoms with E-state index in [2.05, 4.69) is 9.97 Å². The number of ketones is 1. The second-order valence-corrected chi connectivity index (χ2v) is 8.39. The number of benzene rings is 3. The fourth-order valence-corrected chi connectivity index (χ4v) is 4.10. The van der Waals surface area contributed by atoms with Crippen molar-refractivity contribution < 1.29 is 14.3 Å². The summed E-state index contributed by atoms with van der Waals surface area (Å²) >= 11 is 1.10. The number of hydrogen-bond donors (Lipinski definition) is 1. The van der Waals surface area contributed by atoms with Gasteiger partial charge >= 0.3 is 0 Å². The summed E-state index contributed by atoms with van der Waals surface area (Å²) in [5.41, 5.74) is 1.62. The molecule has 8 heteroatoms. The standard InChI is InChI=1S/C27H21N3O4S/c1-33-24-14-20(12-13-23(24)34-16-18-8-4-2-5-9-18)25-21(15-28)26(32)30-27(29-25)35-17-22(31)19-10-6-3-7-11-19/h2-14H,16-17H2,1H3,(H,29,30,32). The molecule has 0 unspecified atom stereocenters. The minimum Gasteiger partial charge on any atom is -0.493 e. The molecule has 0 saturated heterocycles. The Morgan fingerprint density at radius 3 is 2.43 bits per heavy atom. The number of ether oxygens (including phenoxy) is 2. The fraction of sp³-hybridized carbons (Fsp3) is 0.111. The summed E-state index contributed by atoms with van der Waals surface area (Å²) in [4.78, 5) is 32.1. The molecule has 3 aromatic carbocycles. The van der Waals surface area contributed by atoms with Gasteiger partial charge in [0.2, 0.25) is 0 Å². The van der Waals surface area contributed by atoms with E-state index in [9.17, 15) is 14.9 Å². The minimum atomic E-state index is -0.574. The van der Waals surface area contributed by atoms with Crippen LogP contribution in [0.3, 0.4) is 0 Å². The molecule has 0 aliphatic rings. The van der Waals surface area contributed by atoms with E-state index in [-0.39, 0.29) is 27.9 Å². The second-order valence-electron chi connectivity index (χ2n) is 7.42. The summed E-state index contributed by atoms with van der Waals surface area (Å²) in [7, 11) is 1.52. The van der Waals surface area contributed by atoms with Crippen LogP contribution in [0, 0.1) is 11.3 Å². The van der Waals surface area contributed by atoms with Gasteiger partial charge in [-0.2, -0.15) is 5.26 Å². The van der Waals surface area contributed by atoms with E-state index in [4.69, 9.17) is 9.47 Å². The van der Waals surface area contributed by atoms with Gasteiger partial charge in [0.1, 0.15) is 18.2 Å². The second kappa shape index (κ2) is 11.2. The summed E-state index contributed by atoms with van der Waals surface area (Å²) in [5.74, 6) is 0.962. The van der Waals surface area contributed by atoms with Crippen LogP contribution in [0.2, 0.25) is 0 Å². The van der Waals surface area contributed by atoms with Crippen LogP contribution in [0.15, 0.2) is 88.8 Å². The van der Waals surface area contributed by atoms with Crippen LogP contribution in [0.5, 0.6) is 11.5 Å². The van der Waals surface area contributed by atoms with Gasteiger partial charge in [-0.15, -0.1) is 0 Å². The van der Waals surface area contributed by atoms with E-state index in [0.29, 0.717) is 29.2 Å². The highest BCUT2D eigenvalue weighted by atomic mass is 32.2. The maximum atomic E-state index is 12.6. The summed E-state index contributed by atoms with van der Waals surface area (Å²) in [6, 6.07) is 25.6. The molecule has 35 heavy (non-hydrogen) atoms. The van der Waals surface area contributed by atoms with Gasteiger partial charge in [-0.25, -0.2) is 4.98 Å². The van der Waals surface area contributed by atoms with E-state index in [1.165, 1.54) is 7.11 Å². The van der Waals surface area contributed by atoms with Crippen molar-refractivity contribution in [2.75, 3.05) is 12.9 Å². The topological polar surface area (TPSA) is 105 Å². The molecule has 174 valence electrons. The number of methoxy groups -OCH3 is 1. The first-order valence-electron chi connectivity index (χ1n) is 10.7. The lowest BCUT2D eigenvalue weighted by molar-refractivity contribution is 0.102. The van der Waals surface area contributed by atoms with E-state index in [1.807, 2.05) is 42.5 Å². The Labute approximate surface area is 206 Å². The normalized spacial score (nSPS) is 10.4. The van der Waals surface area contributed by atoms with Crippen LogP contribution in [0.4, 0.5) is 0 Å². The number of thioether (sulfide) groups is 1. The Balaban J connectivity index is 1.59. The van der Waals surface area contributed by atoms with Crippen LogP contribution in [-0.2, 0) is 6.61 Å². The predicted molar refractivity (Wildman–Crippen MR) is 134 cm³/mol. The van der Waals surface area contributed by atoms with Crippen molar-refractivity contribution >= 4 is 17.5 Å². The number of nitriles is 1. The molecular formula is C27H21N3O4S. The maximum absolute atomic E-state index is 12.6. The Bertz CT molecular complexity index is 1430. The number of nitrogens with one attached hydrogen (secondary N) is 1. The van der Waals surface area contributed by atoms with Crippen molar-refractivity contribution in [1.82, 2.24) is 9.97 Å². The average Bonchev–Trinajstić information content (AvgIpc) is 2.91. The molecule has 0 spiro atoms. The zero-order chi connectivity index (χ0) is 24.6. The zero-order valence-electron chi connectivity index (χ0n) is 18.9. The summed E-state index contributed by atoms with van der Waals surface area (Å²) in [5, 5.41) is 9.83. The summed E-state index contributed by atoms with van der Waals surface area (Å²) in [6.07, 6.45) is 0. The third-order valence-corrected chi connectivity index (χ3v) is 5.99. The van der Waals surface area contributed by atoms with Crippen molar-refractivity contribution in [3.8, 4) is 28.8 Å². The maximum Gasteiger partial charge on any atom is 0.270 e. The molecule has 0 atom stereocenters. The molecule has 1 N–H and O–H groups in total. The highest BCUT2D eigenvalue weighted by Crippen LogP contribution is 2.33. The number of carbonyl (C=O) groups is 1. The number of nitrogens with zero attached hydrogens (tertiary/aromatic N) is 2. The zero-order valence-corrected chi connectivity index (χ0v) is 19.7. The quantitative estimate of drug-likeness (QED) is 0.206. The van der Waals surface area contributed by atoms with Gasteiger partial charge in [0.05, 0.1) is 18.6 Å². The molecule has 0 aliphatic heterocycles. The Hall–Kier alpha value is -4.35. The molecule has 1 aromatic heterocycles. The largest absolute Gasteiger partial charge is 0.493 e. The first-order chi connectivity index (χ1) is 17.1. The number of hydrogen-bond acceptors (Lipinski definition) is 7. The van der Waals surface area contributed by atoms with Crippen molar-refractivity contribution in [2.45, 2.75) is 11.8 Å². The smallest absolute Gasteiger partial charge is 0.270 e. The highest BCUT2D eigenvalue weighted by Gasteiger charge is 2.17. The van der Waals surface area contributed by atoms with E-state index >= 15 is 0 Å². The van der Waals surface area contributed by atoms with Gasteiger partial charge in [-0.3, -0.25) is 9.59 Å². The van der Waals surface area contributed by atoms with Crippen LogP contribution in [0.25, 0.3) is 11.3 Å². The van der Waals surface area contributed by atoms with Gasteiger partial charge in [0.25, 0.3) is 5.56 Å². The van der Waals surface area contributed by atoms with Gasteiger partial charge in [-0.1, -0.05) is 72.4 Å². The van der Waals surface area contributed by atoms with Crippen LogP contribution < -0.4 is 15.0 Å². The monoisotopic (exact) mass is 483 g/mol. The SMILES string of the molecule is COc1cc(-c2nc(SCC(=O)c3ccccc3)[nH]c(=O)c2C#N)ccc1OCc1ccccc1. The highest BCUT2D eigenvalue weighted by molar-refractivity contribution is 7.99. The molecule has 0 bridgehead atoms. The van der Waals surface area contributed by atoms with E-state index in [0.717, 1.165) is 17.3 Å². The van der Waals surface area contributed by atoms with E-state index in [1.54, 1.807) is 42.5 Å². The van der Waals surface area contributed by atoms with Crippen LogP contribution in [-0.4, -0.2) is 28.6 Å². The molecular weight excluding hydrogens is 462 g/mol. The molecule has 4 rings (SSSR count). The molecule has 7 nitrogen and oxygen atoms in total. The summed E-state index contributed by atoms with van der Waals surface area (Å²) < 4.78 is 11.4. The molecule has 0 amide bonds. The molecule has 0 radical (unpaired) electrons. The Morgan fingerprint density at radius 1 is 1.03 bits per heavy atom. The Morgan fingerprint density at radius 2 is 1.74 bits per heavy atom. The third-order valence-electron chi connectivity index (χ3n) is 5.12. The summed E-state index contributed by atoms with van der Waals surface area (Å²) in [6.45, 7) is 0.361. The van der Waals surface area contributed by atoms with Crippen molar-refractivity contribution in [3.63, 3.8) is 0 Å². The first kappa shape index (κ1) is 23.8. The first-order valence-corrected chi connectivity index (χ1v) is 11.7. The van der Waals surface area contributed by atoms with Crippen LogP contribution in [0.1, 0.15) is 21.5 Å². The lowest BCUT2D eigenvalue weighted by Crippen LogP contribution is -2.15. The number of carbonyl (C=O) groups excluding carboxylic acids is 1. The lowest BCUT2D eigenvalue weighted by Gasteiger charge is -2.13. The molecule has 0 aliphatic carbocycles. The van der Waals surface area contributed by atoms with Crippen molar-refractivity contribution in [3.05, 3.63) is 106 Å². The minimum absolute atomic E-state index is 0.0911. The van der Waals surface area contributed by atoms with Gasteiger partial charge in [-0.05, 0) is 23.8 Å². The number of aromatic nitrogens is 2.